The van der Waals surface area contributed by atoms with Crippen LogP contribution in [0.3, 0.4) is 0 Å². The number of nitrogens with two attached hydrogens (primary N) is 1. The molecule has 0 aliphatic rings. The van der Waals surface area contributed by atoms with Gasteiger partial charge in [-0.25, -0.2) is 9.37 Å². The van der Waals surface area contributed by atoms with Crippen molar-refractivity contribution < 1.29 is 4.39 Å². The third kappa shape index (κ3) is 3.25. The van der Waals surface area contributed by atoms with Crippen molar-refractivity contribution >= 4 is 27.6 Å². The standard InChI is InChI=1S/C21H22FN5O/c1-27(2)10-4-5-12-8-9-14-16(11-12)25-20(24-14)18-19(23)17-13(22)6-3-7-15(17)26-21(18)28/h3,6-9,11H,4-5,10H2,1-2H3,(H,24,25)(H3,23,26,28). The molecule has 0 spiro atoms. The van der Waals surface area contributed by atoms with Gasteiger partial charge in [0, 0.05) is 0 Å². The Morgan fingerprint density at radius 1 is 1.14 bits per heavy atom. The van der Waals surface area contributed by atoms with Crippen molar-refractivity contribution in [1.82, 2.24) is 19.9 Å². The first-order valence-electron chi connectivity index (χ1n) is 9.18. The molecule has 28 heavy (non-hydrogen) atoms. The van der Waals surface area contributed by atoms with E-state index in [9.17, 15) is 9.18 Å². The van der Waals surface area contributed by atoms with Crippen LogP contribution >= 0.6 is 0 Å². The molecule has 0 aliphatic heterocycles. The number of benzene rings is 2. The van der Waals surface area contributed by atoms with Gasteiger partial charge in [-0.05, 0) is 63.3 Å². The van der Waals surface area contributed by atoms with Gasteiger partial charge in [0.15, 0.2) is 0 Å². The summed E-state index contributed by atoms with van der Waals surface area (Å²) in [6, 6.07) is 10.5. The van der Waals surface area contributed by atoms with Gasteiger partial charge in [0.1, 0.15) is 17.2 Å². The molecule has 4 N–H and O–H groups in total. The maximum absolute atomic E-state index is 14.3. The maximum Gasteiger partial charge on any atom is 0.261 e. The highest BCUT2D eigenvalue weighted by atomic mass is 19.1. The number of imidazole rings is 1. The van der Waals surface area contributed by atoms with E-state index in [0.717, 1.165) is 30.4 Å². The molecule has 2 aromatic carbocycles. The van der Waals surface area contributed by atoms with Crippen molar-refractivity contribution in [2.24, 2.45) is 0 Å². The van der Waals surface area contributed by atoms with Gasteiger partial charge >= 0.3 is 0 Å². The lowest BCUT2D eigenvalue weighted by Crippen LogP contribution is -2.13. The predicted molar refractivity (Wildman–Crippen MR) is 111 cm³/mol. The summed E-state index contributed by atoms with van der Waals surface area (Å²) in [5, 5.41) is 0.196. The van der Waals surface area contributed by atoms with Gasteiger partial charge in [0.05, 0.1) is 27.6 Å². The summed E-state index contributed by atoms with van der Waals surface area (Å²) in [7, 11) is 4.11. The number of nitrogen functional groups attached to an aromatic ring is 1. The molecule has 144 valence electrons. The van der Waals surface area contributed by atoms with Gasteiger partial charge in [-0.2, -0.15) is 0 Å². The number of anilines is 1. The van der Waals surface area contributed by atoms with Gasteiger partial charge in [-0.3, -0.25) is 4.79 Å². The van der Waals surface area contributed by atoms with Crippen LogP contribution in [0, 0.1) is 5.82 Å². The largest absolute Gasteiger partial charge is 0.397 e. The highest BCUT2D eigenvalue weighted by Gasteiger charge is 2.18. The van der Waals surface area contributed by atoms with Gasteiger partial charge in [0.25, 0.3) is 5.56 Å². The topological polar surface area (TPSA) is 90.8 Å². The quantitative estimate of drug-likeness (QED) is 0.496. The molecule has 0 bridgehead atoms. The second-order valence-corrected chi connectivity index (χ2v) is 7.25. The predicted octanol–water partition coefficient (Wildman–Crippen LogP) is 3.29. The fraction of sp³-hybridized carbons (Fsp3) is 0.238. The summed E-state index contributed by atoms with van der Waals surface area (Å²) in [4.78, 5) is 25.1. The molecule has 0 unspecified atom stereocenters. The molecule has 0 saturated carbocycles. The fourth-order valence-corrected chi connectivity index (χ4v) is 3.49. The van der Waals surface area contributed by atoms with E-state index >= 15 is 0 Å². The first kappa shape index (κ1) is 18.2. The van der Waals surface area contributed by atoms with Crippen LogP contribution in [-0.2, 0) is 6.42 Å². The Morgan fingerprint density at radius 3 is 2.75 bits per heavy atom. The molecule has 0 amide bonds. The third-order valence-electron chi connectivity index (χ3n) is 4.88. The first-order chi connectivity index (χ1) is 13.4. The monoisotopic (exact) mass is 379 g/mol. The lowest BCUT2D eigenvalue weighted by atomic mass is 10.1. The minimum Gasteiger partial charge on any atom is -0.397 e. The average molecular weight is 379 g/mol. The minimum absolute atomic E-state index is 0.0853. The normalized spacial score (nSPS) is 11.7. The zero-order valence-corrected chi connectivity index (χ0v) is 15.8. The molecule has 2 aromatic heterocycles. The summed E-state index contributed by atoms with van der Waals surface area (Å²) >= 11 is 0. The van der Waals surface area contributed by atoms with E-state index in [1.54, 1.807) is 6.07 Å². The number of H-pyrrole nitrogens is 2. The number of hydrogen-bond donors (Lipinski definition) is 3. The summed E-state index contributed by atoms with van der Waals surface area (Å²) in [6.45, 7) is 1.01. The molecular weight excluding hydrogens is 357 g/mol. The van der Waals surface area contributed by atoms with Crippen molar-refractivity contribution in [2.75, 3.05) is 26.4 Å². The second kappa shape index (κ2) is 7.09. The number of rotatable bonds is 5. The Morgan fingerprint density at radius 2 is 1.96 bits per heavy atom. The second-order valence-electron chi connectivity index (χ2n) is 7.25. The molecule has 0 saturated heterocycles. The van der Waals surface area contributed by atoms with Crippen molar-refractivity contribution in [3.05, 3.63) is 58.1 Å². The number of fused-ring (bicyclic) bond motifs is 2. The minimum atomic E-state index is -0.480. The van der Waals surface area contributed by atoms with Gasteiger partial charge < -0.3 is 20.6 Å². The van der Waals surface area contributed by atoms with Crippen LogP contribution in [0.25, 0.3) is 33.3 Å². The van der Waals surface area contributed by atoms with E-state index in [1.807, 2.05) is 18.2 Å². The van der Waals surface area contributed by atoms with E-state index in [2.05, 4.69) is 33.9 Å². The SMILES string of the molecule is CN(C)CCCc1ccc2[nH]c(-c3c(N)c4c(F)cccc4[nH]c3=O)nc2c1. The maximum atomic E-state index is 14.3. The number of pyridine rings is 1. The van der Waals surface area contributed by atoms with Crippen LogP contribution in [0.4, 0.5) is 10.1 Å². The number of aromatic nitrogens is 3. The number of hydrogen-bond acceptors (Lipinski definition) is 4. The highest BCUT2D eigenvalue weighted by Crippen LogP contribution is 2.30. The van der Waals surface area contributed by atoms with Crippen LogP contribution in [-0.4, -0.2) is 40.5 Å². The van der Waals surface area contributed by atoms with E-state index < -0.39 is 11.4 Å². The van der Waals surface area contributed by atoms with Crippen LogP contribution < -0.4 is 11.3 Å². The Balaban J connectivity index is 1.77. The zero-order chi connectivity index (χ0) is 19.8. The molecular formula is C21H22FN5O. The highest BCUT2D eigenvalue weighted by molar-refractivity contribution is 5.98. The van der Waals surface area contributed by atoms with Crippen LogP contribution in [0.1, 0.15) is 12.0 Å². The molecule has 0 radical (unpaired) electrons. The van der Waals surface area contributed by atoms with Crippen LogP contribution in [0.2, 0.25) is 0 Å². The molecule has 6 nitrogen and oxygen atoms in total. The number of aryl methyl sites for hydroxylation is 1. The summed E-state index contributed by atoms with van der Waals surface area (Å²) in [6.07, 6.45) is 1.99. The molecule has 0 aliphatic carbocycles. The molecule has 4 aromatic rings. The summed E-state index contributed by atoms with van der Waals surface area (Å²) < 4.78 is 14.3. The van der Waals surface area contributed by atoms with Gasteiger partial charge in [0.2, 0.25) is 0 Å². The van der Waals surface area contributed by atoms with Crippen molar-refractivity contribution in [2.45, 2.75) is 12.8 Å². The number of halogens is 1. The zero-order valence-electron chi connectivity index (χ0n) is 15.8. The molecule has 4 rings (SSSR count). The van der Waals surface area contributed by atoms with Gasteiger partial charge in [-0.1, -0.05) is 12.1 Å². The molecule has 0 fully saturated rings. The lowest BCUT2D eigenvalue weighted by Gasteiger charge is -2.08. The Labute approximate surface area is 161 Å². The molecule has 7 heteroatoms. The van der Waals surface area contributed by atoms with Crippen LogP contribution in [0.5, 0.6) is 0 Å². The number of aromatic amines is 2. The van der Waals surface area contributed by atoms with Crippen molar-refractivity contribution in [3.8, 4) is 11.4 Å². The summed E-state index contributed by atoms with van der Waals surface area (Å²) in [5.74, 6) is -0.142. The Kier molecular flexibility index (Phi) is 4.60. The van der Waals surface area contributed by atoms with E-state index in [1.165, 1.54) is 17.7 Å². The van der Waals surface area contributed by atoms with Crippen molar-refractivity contribution in [3.63, 3.8) is 0 Å². The first-order valence-corrected chi connectivity index (χ1v) is 9.18. The number of nitrogens with zero attached hydrogens (tertiary/aromatic N) is 2. The Hall–Kier alpha value is -3.19. The smallest absolute Gasteiger partial charge is 0.261 e. The van der Waals surface area contributed by atoms with Gasteiger partial charge in [-0.15, -0.1) is 0 Å². The van der Waals surface area contributed by atoms with E-state index in [4.69, 9.17) is 5.73 Å². The van der Waals surface area contributed by atoms with E-state index in [0.29, 0.717) is 11.3 Å². The van der Waals surface area contributed by atoms with Crippen LogP contribution in [0.15, 0.2) is 41.2 Å². The fourth-order valence-electron chi connectivity index (χ4n) is 3.49. The average Bonchev–Trinajstić information content (AvgIpc) is 3.03. The third-order valence-corrected chi connectivity index (χ3v) is 4.88. The lowest BCUT2D eigenvalue weighted by molar-refractivity contribution is 0.400. The number of nitrogens with one attached hydrogen (secondary N) is 2. The van der Waals surface area contributed by atoms with E-state index in [-0.39, 0.29) is 16.6 Å². The van der Waals surface area contributed by atoms with Crippen molar-refractivity contribution in [1.29, 1.82) is 0 Å². The molecule has 2 heterocycles. The molecule has 0 atom stereocenters. The Bertz CT molecular complexity index is 1220. The summed E-state index contributed by atoms with van der Waals surface area (Å²) in [5.41, 5.74) is 9.12.